The highest BCUT2D eigenvalue weighted by Gasteiger charge is 2.61. The fourth-order valence-corrected chi connectivity index (χ4v) is 8.95. The van der Waals surface area contributed by atoms with Crippen molar-refractivity contribution in [3.8, 4) is 0 Å². The molecule has 0 aromatic heterocycles. The lowest BCUT2D eigenvalue weighted by Crippen LogP contribution is -2.54. The lowest BCUT2D eigenvalue weighted by molar-refractivity contribution is -0.130. The topological polar surface area (TPSA) is 32.7 Å². The second-order valence-electron chi connectivity index (χ2n) is 13.9. The van der Waals surface area contributed by atoms with Gasteiger partial charge in [-0.05, 0) is 114 Å². The van der Waals surface area contributed by atoms with Crippen molar-refractivity contribution in [1.82, 2.24) is 4.90 Å². The van der Waals surface area contributed by atoms with Crippen LogP contribution in [-0.2, 0) is 11.2 Å². The number of aliphatic imine (C=N–C) groups is 1. The van der Waals surface area contributed by atoms with Gasteiger partial charge in [0.05, 0.1) is 6.54 Å². The van der Waals surface area contributed by atoms with Gasteiger partial charge in [-0.3, -0.25) is 9.79 Å². The van der Waals surface area contributed by atoms with Crippen LogP contribution in [-0.4, -0.2) is 36.2 Å². The molecule has 2 aromatic rings. The molecular formula is C36H41F3N2O. The van der Waals surface area contributed by atoms with Gasteiger partial charge in [0.15, 0.2) is 0 Å². The van der Waals surface area contributed by atoms with Crippen LogP contribution < -0.4 is 0 Å². The molecule has 4 aliphatic rings. The molecule has 222 valence electrons. The van der Waals surface area contributed by atoms with Crippen LogP contribution in [0.15, 0.2) is 64.7 Å². The van der Waals surface area contributed by atoms with Crippen molar-refractivity contribution in [2.45, 2.75) is 78.2 Å². The summed E-state index contributed by atoms with van der Waals surface area (Å²) in [4.78, 5) is 21.4. The molecule has 0 spiro atoms. The van der Waals surface area contributed by atoms with Crippen molar-refractivity contribution in [1.29, 1.82) is 0 Å². The van der Waals surface area contributed by atoms with E-state index in [9.17, 15) is 13.6 Å². The van der Waals surface area contributed by atoms with E-state index in [-0.39, 0.29) is 41.1 Å². The SMILES string of the molecule is CN(C(=O)C1=NCC(c2ccc(F)cc2F)=CC2=C1CCCCC2Cc1ccc(F)cc1)[C@H]1C2(C)CCC(C2)C1(C)C. The first kappa shape index (κ1) is 28.9. The van der Waals surface area contributed by atoms with Crippen LogP contribution in [0.2, 0.25) is 0 Å². The second kappa shape index (κ2) is 10.8. The molecular weight excluding hydrogens is 533 g/mol. The summed E-state index contributed by atoms with van der Waals surface area (Å²) < 4.78 is 42.6. The predicted octanol–water partition coefficient (Wildman–Crippen LogP) is 8.34. The Morgan fingerprint density at radius 3 is 2.43 bits per heavy atom. The van der Waals surface area contributed by atoms with Crippen LogP contribution in [0, 0.1) is 40.1 Å². The zero-order valence-corrected chi connectivity index (χ0v) is 25.2. The van der Waals surface area contributed by atoms with Crippen LogP contribution in [0.1, 0.15) is 76.8 Å². The van der Waals surface area contributed by atoms with Crippen molar-refractivity contribution in [3.05, 3.63) is 88.3 Å². The number of allylic oxidation sites excluding steroid dienone is 2. The Morgan fingerprint density at radius 1 is 1.00 bits per heavy atom. The molecule has 2 aromatic carbocycles. The van der Waals surface area contributed by atoms with Gasteiger partial charge >= 0.3 is 0 Å². The molecule has 6 rings (SSSR count). The Morgan fingerprint density at radius 2 is 1.74 bits per heavy atom. The lowest BCUT2D eigenvalue weighted by Gasteiger charge is -2.47. The zero-order valence-electron chi connectivity index (χ0n) is 25.2. The number of fused-ring (bicyclic) bond motifs is 2. The molecule has 3 aliphatic carbocycles. The zero-order chi connectivity index (χ0) is 29.8. The van der Waals surface area contributed by atoms with Crippen molar-refractivity contribution in [2.24, 2.45) is 27.7 Å². The first-order valence-electron chi connectivity index (χ1n) is 15.4. The monoisotopic (exact) mass is 574 g/mol. The van der Waals surface area contributed by atoms with Crippen molar-refractivity contribution < 1.29 is 18.0 Å². The molecule has 3 unspecified atom stereocenters. The number of nitrogens with zero attached hydrogens (tertiary/aromatic N) is 2. The lowest BCUT2D eigenvalue weighted by atomic mass is 9.67. The largest absolute Gasteiger partial charge is 0.336 e. The summed E-state index contributed by atoms with van der Waals surface area (Å²) >= 11 is 0. The van der Waals surface area contributed by atoms with Gasteiger partial charge in [-0.15, -0.1) is 0 Å². The summed E-state index contributed by atoms with van der Waals surface area (Å²) in [6.45, 7) is 7.08. The molecule has 1 amide bonds. The third-order valence-electron chi connectivity index (χ3n) is 10.8. The smallest absolute Gasteiger partial charge is 0.272 e. The minimum absolute atomic E-state index is 0.00906. The summed E-state index contributed by atoms with van der Waals surface area (Å²) in [6.07, 6.45) is 9.70. The van der Waals surface area contributed by atoms with Crippen LogP contribution >= 0.6 is 0 Å². The standard InChI is InChI=1S/C36H41F3N2O/c1-35(2)25-15-16-36(3,20-25)34(35)41(4)33(42)32-29-8-6-5-7-23(17-22-9-11-26(37)12-10-22)30(29)18-24(21-40-32)28-14-13-27(38)19-31(28)39/h9-14,18-19,23,25,34H,5-8,15-17,20-21H2,1-4H3/t23?,25?,34-,36?/m1/s1. The molecule has 4 atom stereocenters. The number of carbonyl (C=O) groups is 1. The highest BCUT2D eigenvalue weighted by molar-refractivity contribution is 6.45. The van der Waals surface area contributed by atoms with Crippen molar-refractivity contribution in [2.75, 3.05) is 13.6 Å². The number of carbonyl (C=O) groups excluding carboxylic acids is 1. The Balaban J connectivity index is 1.43. The number of hydrogen-bond acceptors (Lipinski definition) is 2. The summed E-state index contributed by atoms with van der Waals surface area (Å²) in [5, 5.41) is 0. The van der Waals surface area contributed by atoms with Gasteiger partial charge in [0.25, 0.3) is 5.91 Å². The van der Waals surface area contributed by atoms with Crippen molar-refractivity contribution >= 4 is 17.2 Å². The number of benzene rings is 2. The molecule has 3 nitrogen and oxygen atoms in total. The van der Waals surface area contributed by atoms with Crippen LogP contribution in [0.5, 0.6) is 0 Å². The average Bonchev–Trinajstić information content (AvgIpc) is 3.25. The van der Waals surface area contributed by atoms with Gasteiger partial charge in [-0.25, -0.2) is 13.2 Å². The van der Waals surface area contributed by atoms with E-state index < -0.39 is 11.6 Å². The fraction of sp³-hybridized carbons (Fsp3) is 0.500. The van der Waals surface area contributed by atoms with Crippen molar-refractivity contribution in [3.63, 3.8) is 0 Å². The number of rotatable bonds is 5. The Hall–Kier alpha value is -3.15. The number of amides is 1. The summed E-state index contributed by atoms with van der Waals surface area (Å²) in [5.41, 5.74) is 4.48. The molecule has 2 bridgehead atoms. The maximum Gasteiger partial charge on any atom is 0.272 e. The highest BCUT2D eigenvalue weighted by Crippen LogP contribution is 2.64. The van der Waals surface area contributed by atoms with Gasteiger partial charge in [-0.1, -0.05) is 45.4 Å². The van der Waals surface area contributed by atoms with Gasteiger partial charge in [0, 0.05) is 24.7 Å². The quantitative estimate of drug-likeness (QED) is 0.353. The average molecular weight is 575 g/mol. The van der Waals surface area contributed by atoms with E-state index in [1.54, 1.807) is 0 Å². The molecule has 0 saturated heterocycles. The number of hydrogen-bond donors (Lipinski definition) is 0. The van der Waals surface area contributed by atoms with E-state index in [1.807, 2.05) is 30.2 Å². The Bertz CT molecular complexity index is 1480. The highest BCUT2D eigenvalue weighted by atomic mass is 19.1. The maximum atomic E-state index is 15.1. The third-order valence-corrected chi connectivity index (χ3v) is 10.8. The number of halogens is 3. The Labute approximate surface area is 247 Å². The van der Waals surface area contributed by atoms with E-state index in [2.05, 4.69) is 20.8 Å². The normalized spacial score (nSPS) is 28.5. The van der Waals surface area contributed by atoms with Crippen LogP contribution in [0.4, 0.5) is 13.2 Å². The molecule has 2 fully saturated rings. The van der Waals surface area contributed by atoms with Gasteiger partial charge < -0.3 is 4.90 Å². The van der Waals surface area contributed by atoms with E-state index in [1.165, 1.54) is 30.7 Å². The fourth-order valence-electron chi connectivity index (χ4n) is 8.95. The van der Waals surface area contributed by atoms with Gasteiger partial charge in [-0.2, -0.15) is 0 Å². The van der Waals surface area contributed by atoms with E-state index in [0.717, 1.165) is 61.3 Å². The van der Waals surface area contributed by atoms with E-state index >= 15 is 4.39 Å². The minimum Gasteiger partial charge on any atom is -0.336 e. The summed E-state index contributed by atoms with van der Waals surface area (Å²) in [7, 11) is 1.94. The molecule has 0 N–H and O–H groups in total. The molecule has 2 saturated carbocycles. The second-order valence-corrected chi connectivity index (χ2v) is 13.9. The van der Waals surface area contributed by atoms with Gasteiger partial charge in [0.1, 0.15) is 23.2 Å². The molecule has 0 radical (unpaired) electrons. The molecule has 6 heteroatoms. The van der Waals surface area contributed by atoms with Gasteiger partial charge in [0.2, 0.25) is 0 Å². The first-order chi connectivity index (χ1) is 20.0. The van der Waals surface area contributed by atoms with Crippen LogP contribution in [0.3, 0.4) is 0 Å². The van der Waals surface area contributed by atoms with E-state index in [4.69, 9.17) is 4.99 Å². The third kappa shape index (κ3) is 5.05. The first-order valence-corrected chi connectivity index (χ1v) is 15.4. The summed E-state index contributed by atoms with van der Waals surface area (Å²) in [5.74, 6) is -0.942. The van der Waals surface area contributed by atoms with Crippen LogP contribution in [0.25, 0.3) is 5.57 Å². The Kier molecular flexibility index (Phi) is 7.47. The van der Waals surface area contributed by atoms with E-state index in [0.29, 0.717) is 29.2 Å². The summed E-state index contributed by atoms with van der Waals surface area (Å²) in [6, 6.07) is 10.3. The molecule has 42 heavy (non-hydrogen) atoms. The minimum atomic E-state index is -0.633. The molecule has 1 heterocycles. The maximum absolute atomic E-state index is 15.1. The molecule has 1 aliphatic heterocycles. The predicted molar refractivity (Wildman–Crippen MR) is 162 cm³/mol.